The van der Waals surface area contributed by atoms with E-state index in [1.807, 2.05) is 0 Å². The van der Waals surface area contributed by atoms with Crippen LogP contribution < -0.4 is 0 Å². The second kappa shape index (κ2) is 9.89. The van der Waals surface area contributed by atoms with Crippen LogP contribution in [-0.4, -0.2) is 18.4 Å². The minimum Gasteiger partial charge on any atom is -0.410 e. The highest BCUT2D eigenvalue weighted by Crippen LogP contribution is 2.57. The highest BCUT2D eigenvalue weighted by atomic mass is 127. The van der Waals surface area contributed by atoms with Gasteiger partial charge in [-0.3, -0.25) is 4.98 Å². The third kappa shape index (κ3) is 5.54. The monoisotopic (exact) mass is 645 g/mol. The molecule has 0 saturated heterocycles. The lowest BCUT2D eigenvalue weighted by Crippen LogP contribution is -2.46. The third-order valence-electron chi connectivity index (χ3n) is 8.83. The molecule has 2 aliphatic rings. The Labute approximate surface area is 233 Å². The van der Waals surface area contributed by atoms with Crippen molar-refractivity contribution in [2.45, 2.75) is 109 Å². The van der Waals surface area contributed by atoms with Crippen LogP contribution >= 0.6 is 22.6 Å². The Morgan fingerprint density at radius 3 is 2.16 bits per heavy atom. The van der Waals surface area contributed by atoms with Gasteiger partial charge in [0.25, 0.3) is 0 Å². The largest absolute Gasteiger partial charge is 0.416 e. The molecule has 1 fully saturated rings. The first-order valence-electron chi connectivity index (χ1n) is 13.2. The molecule has 0 aliphatic heterocycles. The smallest absolute Gasteiger partial charge is 0.410 e. The van der Waals surface area contributed by atoms with Crippen LogP contribution in [0.4, 0.5) is 13.2 Å². The maximum atomic E-state index is 13.1. The predicted octanol–water partition coefficient (Wildman–Crippen LogP) is 9.09. The molecule has 37 heavy (non-hydrogen) atoms. The summed E-state index contributed by atoms with van der Waals surface area (Å²) in [5.74, 6) is 0.0527. The van der Waals surface area contributed by atoms with Gasteiger partial charge in [-0.2, -0.15) is 13.2 Å². The molecule has 1 unspecified atom stereocenters. The first-order valence-corrected chi connectivity index (χ1v) is 17.2. The van der Waals surface area contributed by atoms with E-state index >= 15 is 0 Å². The summed E-state index contributed by atoms with van der Waals surface area (Å²) in [7, 11) is -2.10. The number of alkyl halides is 3. The van der Waals surface area contributed by atoms with E-state index in [9.17, 15) is 18.3 Å². The van der Waals surface area contributed by atoms with Crippen LogP contribution in [0.1, 0.15) is 112 Å². The van der Waals surface area contributed by atoms with Crippen LogP contribution in [0.2, 0.25) is 18.1 Å². The molecule has 1 N–H and O–H groups in total. The zero-order chi connectivity index (χ0) is 27.6. The Hall–Kier alpha value is -0.973. The lowest BCUT2D eigenvalue weighted by Gasteiger charge is -2.50. The normalized spacial score (nSPS) is 20.6. The lowest BCUT2D eigenvalue weighted by molar-refractivity contribution is -0.137. The number of benzene rings is 1. The van der Waals surface area contributed by atoms with Gasteiger partial charge in [-0.05, 0) is 95.4 Å². The molecule has 8 heteroatoms. The van der Waals surface area contributed by atoms with Crippen LogP contribution in [0, 0.1) is 8.99 Å². The van der Waals surface area contributed by atoms with Crippen molar-refractivity contribution >= 4 is 30.9 Å². The predicted molar refractivity (Wildman–Crippen MR) is 152 cm³/mol. The number of aromatic nitrogens is 1. The Morgan fingerprint density at radius 2 is 1.70 bits per heavy atom. The quantitative estimate of drug-likeness (QED) is 0.261. The number of hydrogen-bond donors (Lipinski definition) is 1. The number of aliphatic hydroxyl groups excluding tert-OH is 1. The average Bonchev–Trinajstić information content (AvgIpc) is 2.75. The minimum absolute atomic E-state index is 0.0523. The van der Waals surface area contributed by atoms with Crippen LogP contribution in [0.15, 0.2) is 24.3 Å². The van der Waals surface area contributed by atoms with Gasteiger partial charge in [0.1, 0.15) is 6.10 Å². The van der Waals surface area contributed by atoms with Gasteiger partial charge in [0.05, 0.1) is 17.4 Å². The van der Waals surface area contributed by atoms with E-state index in [-0.39, 0.29) is 22.5 Å². The Bertz CT molecular complexity index is 1150. The van der Waals surface area contributed by atoms with Crippen molar-refractivity contribution in [1.29, 1.82) is 0 Å². The summed E-state index contributed by atoms with van der Waals surface area (Å²) in [5, 5.41) is 11.6. The van der Waals surface area contributed by atoms with Crippen molar-refractivity contribution in [3.8, 4) is 0 Å². The van der Waals surface area contributed by atoms with E-state index in [0.717, 1.165) is 45.5 Å². The molecule has 1 heterocycles. The highest BCUT2D eigenvalue weighted by molar-refractivity contribution is 14.1. The lowest BCUT2D eigenvalue weighted by atomic mass is 9.59. The molecule has 3 nitrogen and oxygen atoms in total. The SMILES string of the molecule is CC(C)c1nc2c(c(I)c1C(O)c1ccc(C(F)(F)F)cc1)[C@H](O[Si](C)(C)C(C)(C)C)CC1(CCC1)C2. The van der Waals surface area contributed by atoms with Crippen molar-refractivity contribution in [2.75, 3.05) is 0 Å². The van der Waals surface area contributed by atoms with Crippen LogP contribution in [0.25, 0.3) is 0 Å². The van der Waals surface area contributed by atoms with Crippen LogP contribution in [-0.2, 0) is 17.0 Å². The first kappa shape index (κ1) is 29.0. The molecule has 204 valence electrons. The molecular weight excluding hydrogens is 606 g/mol. The van der Waals surface area contributed by atoms with E-state index in [0.29, 0.717) is 11.1 Å². The Morgan fingerprint density at radius 1 is 1.11 bits per heavy atom. The average molecular weight is 646 g/mol. The number of halogens is 4. The molecule has 2 aliphatic carbocycles. The van der Waals surface area contributed by atoms with Gasteiger partial charge in [0.2, 0.25) is 0 Å². The van der Waals surface area contributed by atoms with E-state index in [1.165, 1.54) is 31.4 Å². The Kier molecular flexibility index (Phi) is 7.76. The van der Waals surface area contributed by atoms with E-state index in [2.05, 4.69) is 70.3 Å². The van der Waals surface area contributed by atoms with Crippen molar-refractivity contribution < 1.29 is 22.7 Å². The zero-order valence-electron chi connectivity index (χ0n) is 22.9. The second-order valence-electron chi connectivity index (χ2n) is 12.9. The summed E-state index contributed by atoms with van der Waals surface area (Å²) in [6, 6.07) is 4.83. The summed E-state index contributed by atoms with van der Waals surface area (Å²) in [6.07, 6.45) is -0.0836. The molecular formula is C29H39F3INO2Si. The van der Waals surface area contributed by atoms with Gasteiger partial charge in [0.15, 0.2) is 8.32 Å². The highest BCUT2D eigenvalue weighted by Gasteiger charge is 2.49. The van der Waals surface area contributed by atoms with Gasteiger partial charge < -0.3 is 9.53 Å². The maximum absolute atomic E-state index is 13.1. The molecule has 1 spiro atoms. The molecule has 1 saturated carbocycles. The van der Waals surface area contributed by atoms with E-state index in [1.54, 1.807) is 0 Å². The minimum atomic E-state index is -4.42. The third-order valence-corrected chi connectivity index (χ3v) is 14.5. The molecule has 1 aromatic heterocycles. The van der Waals surface area contributed by atoms with Crippen LogP contribution in [0.5, 0.6) is 0 Å². The number of aliphatic hydroxyl groups is 1. The Balaban J connectivity index is 1.84. The van der Waals surface area contributed by atoms with Gasteiger partial charge in [-0.15, -0.1) is 0 Å². The number of fused-ring (bicyclic) bond motifs is 1. The molecule has 4 rings (SSSR count). The van der Waals surface area contributed by atoms with Gasteiger partial charge in [-0.25, -0.2) is 0 Å². The van der Waals surface area contributed by atoms with Gasteiger partial charge in [-0.1, -0.05) is 53.2 Å². The van der Waals surface area contributed by atoms with Gasteiger partial charge >= 0.3 is 6.18 Å². The molecule has 0 bridgehead atoms. The zero-order valence-corrected chi connectivity index (χ0v) is 26.0. The van der Waals surface area contributed by atoms with E-state index in [4.69, 9.17) is 9.41 Å². The van der Waals surface area contributed by atoms with Gasteiger partial charge in [0, 0.05) is 20.4 Å². The fourth-order valence-electron chi connectivity index (χ4n) is 5.45. The molecule has 0 amide bonds. The van der Waals surface area contributed by atoms with Crippen molar-refractivity contribution in [2.24, 2.45) is 5.41 Å². The van der Waals surface area contributed by atoms with Crippen molar-refractivity contribution in [1.82, 2.24) is 4.98 Å². The molecule has 1 aromatic carbocycles. The summed E-state index contributed by atoms with van der Waals surface area (Å²) < 4.78 is 47.4. The molecule has 0 radical (unpaired) electrons. The van der Waals surface area contributed by atoms with Crippen molar-refractivity contribution in [3.05, 3.63) is 61.5 Å². The number of pyridine rings is 1. The fraction of sp³-hybridized carbons (Fsp3) is 0.621. The van der Waals surface area contributed by atoms with E-state index < -0.39 is 26.2 Å². The summed E-state index contributed by atoms with van der Waals surface area (Å²) in [5.41, 5.74) is 3.61. The topological polar surface area (TPSA) is 42.4 Å². The summed E-state index contributed by atoms with van der Waals surface area (Å²) >= 11 is 2.33. The number of nitrogens with zero attached hydrogens (tertiary/aromatic N) is 1. The van der Waals surface area contributed by atoms with Crippen LogP contribution in [0.3, 0.4) is 0 Å². The second-order valence-corrected chi connectivity index (χ2v) is 18.7. The standard InChI is InChI=1S/C29H39F3INO2Si/c1-17(2)25-23(26(35)18-9-11-19(12-10-18)29(30,31)32)24(33)22-20(34-25)15-28(13-8-14-28)16-21(22)36-37(6,7)27(3,4)5/h9-12,17,21,26,35H,8,13-16H2,1-7H3/t21-,26?/m1/s1. The maximum Gasteiger partial charge on any atom is 0.416 e. The molecule has 2 atom stereocenters. The first-order chi connectivity index (χ1) is 17.0. The fourth-order valence-corrected chi connectivity index (χ4v) is 7.94. The van der Waals surface area contributed by atoms with Crippen molar-refractivity contribution in [3.63, 3.8) is 0 Å². The summed E-state index contributed by atoms with van der Waals surface area (Å²) in [6.45, 7) is 15.4. The molecule has 2 aromatic rings. The number of hydrogen-bond acceptors (Lipinski definition) is 3. The number of rotatable bonds is 5. The summed E-state index contributed by atoms with van der Waals surface area (Å²) in [4.78, 5) is 5.19.